The Morgan fingerprint density at radius 2 is 1.79 bits per heavy atom. The van der Waals surface area contributed by atoms with Crippen molar-refractivity contribution in [1.29, 1.82) is 0 Å². The van der Waals surface area contributed by atoms with Gasteiger partial charge < -0.3 is 4.74 Å². The molecule has 2 aromatic rings. The minimum absolute atomic E-state index is 0.0578. The number of carbonyl (C=O) groups is 1. The molecule has 0 aliphatic rings. The highest BCUT2D eigenvalue weighted by molar-refractivity contribution is 6.36. The van der Waals surface area contributed by atoms with E-state index in [1.54, 1.807) is 18.2 Å². The first-order valence-electron chi connectivity index (χ1n) is 5.83. The Kier molecular flexibility index (Phi) is 4.83. The molecule has 98 valence electrons. The number of carbonyl (C=O) groups excluding carboxylic acids is 1. The van der Waals surface area contributed by atoms with Crippen molar-refractivity contribution in [2.24, 2.45) is 0 Å². The fraction of sp³-hybridized carbons (Fsp3) is 0.133. The minimum atomic E-state index is -0.0578. The molecule has 0 saturated heterocycles. The van der Waals surface area contributed by atoms with Gasteiger partial charge in [0.05, 0.1) is 11.6 Å². The molecule has 2 rings (SSSR count). The van der Waals surface area contributed by atoms with Gasteiger partial charge >= 0.3 is 0 Å². The van der Waals surface area contributed by atoms with Gasteiger partial charge in [0.1, 0.15) is 5.75 Å². The number of ether oxygens (including phenoxy) is 1. The first-order valence-corrected chi connectivity index (χ1v) is 6.58. The molecule has 0 amide bonds. The fourth-order valence-corrected chi connectivity index (χ4v) is 2.14. The largest absolute Gasteiger partial charge is 0.493 e. The second-order valence-electron chi connectivity index (χ2n) is 3.96. The van der Waals surface area contributed by atoms with Gasteiger partial charge in [0.25, 0.3) is 0 Å². The van der Waals surface area contributed by atoms with E-state index in [1.165, 1.54) is 0 Å². The summed E-state index contributed by atoms with van der Waals surface area (Å²) in [4.78, 5) is 12.0. The molecule has 0 fully saturated rings. The monoisotopic (exact) mass is 294 g/mol. The van der Waals surface area contributed by atoms with Crippen LogP contribution in [0.5, 0.6) is 5.75 Å². The van der Waals surface area contributed by atoms with Crippen molar-refractivity contribution in [1.82, 2.24) is 0 Å². The molecule has 19 heavy (non-hydrogen) atoms. The molecule has 0 saturated carbocycles. The molecule has 2 aromatic carbocycles. The fourth-order valence-electron chi connectivity index (χ4n) is 1.63. The van der Waals surface area contributed by atoms with Crippen molar-refractivity contribution in [3.05, 3.63) is 64.1 Å². The molecule has 0 atom stereocenters. The van der Waals surface area contributed by atoms with Gasteiger partial charge in [-0.1, -0.05) is 41.4 Å². The number of rotatable bonds is 5. The lowest BCUT2D eigenvalue weighted by Crippen LogP contribution is -2.07. The van der Waals surface area contributed by atoms with Crippen molar-refractivity contribution in [2.75, 3.05) is 6.61 Å². The summed E-state index contributed by atoms with van der Waals surface area (Å²) in [5.41, 5.74) is 0.475. The minimum Gasteiger partial charge on any atom is -0.493 e. The van der Waals surface area contributed by atoms with Crippen LogP contribution in [0.2, 0.25) is 10.0 Å². The van der Waals surface area contributed by atoms with Crippen molar-refractivity contribution < 1.29 is 9.53 Å². The Bertz CT molecular complexity index is 568. The Hall–Kier alpha value is -1.51. The van der Waals surface area contributed by atoms with Crippen LogP contribution in [-0.2, 0) is 0 Å². The highest BCUT2D eigenvalue weighted by atomic mass is 35.5. The van der Waals surface area contributed by atoms with Crippen molar-refractivity contribution in [2.45, 2.75) is 6.42 Å². The Morgan fingerprint density at radius 3 is 2.47 bits per heavy atom. The lowest BCUT2D eigenvalue weighted by molar-refractivity contribution is 0.0962. The third-order valence-electron chi connectivity index (χ3n) is 2.57. The van der Waals surface area contributed by atoms with E-state index in [2.05, 4.69) is 0 Å². The van der Waals surface area contributed by atoms with Gasteiger partial charge in [-0.25, -0.2) is 0 Å². The summed E-state index contributed by atoms with van der Waals surface area (Å²) in [5.74, 6) is 0.690. The number of halogens is 2. The lowest BCUT2D eigenvalue weighted by atomic mass is 10.1. The van der Waals surface area contributed by atoms with E-state index in [0.717, 1.165) is 5.75 Å². The molecule has 0 heterocycles. The summed E-state index contributed by atoms with van der Waals surface area (Å²) >= 11 is 11.8. The average Bonchev–Trinajstić information content (AvgIpc) is 2.39. The van der Waals surface area contributed by atoms with Crippen LogP contribution in [0.4, 0.5) is 0 Å². The van der Waals surface area contributed by atoms with E-state index in [1.807, 2.05) is 30.3 Å². The summed E-state index contributed by atoms with van der Waals surface area (Å²) in [6.45, 7) is 0.321. The van der Waals surface area contributed by atoms with Crippen LogP contribution in [0.3, 0.4) is 0 Å². The van der Waals surface area contributed by atoms with E-state index >= 15 is 0 Å². The SMILES string of the molecule is O=C(CCOc1ccccc1)c1ccc(Cl)cc1Cl. The maximum atomic E-state index is 12.0. The van der Waals surface area contributed by atoms with E-state index < -0.39 is 0 Å². The van der Waals surface area contributed by atoms with Gasteiger partial charge in [-0.2, -0.15) is 0 Å². The van der Waals surface area contributed by atoms with Gasteiger partial charge in [-0.15, -0.1) is 0 Å². The zero-order valence-electron chi connectivity index (χ0n) is 10.1. The molecule has 0 bridgehead atoms. The normalized spacial score (nSPS) is 10.2. The summed E-state index contributed by atoms with van der Waals surface area (Å²) in [7, 11) is 0. The van der Waals surface area contributed by atoms with Crippen molar-refractivity contribution in [3.8, 4) is 5.75 Å². The molecule has 0 unspecified atom stereocenters. The van der Waals surface area contributed by atoms with Crippen LogP contribution in [-0.4, -0.2) is 12.4 Å². The molecule has 2 nitrogen and oxygen atoms in total. The molecule has 0 spiro atoms. The van der Waals surface area contributed by atoms with Gasteiger partial charge in [0.2, 0.25) is 0 Å². The highest BCUT2D eigenvalue weighted by Gasteiger charge is 2.10. The first-order chi connectivity index (χ1) is 9.16. The second-order valence-corrected chi connectivity index (χ2v) is 4.80. The molecule has 0 aliphatic carbocycles. The second kappa shape index (κ2) is 6.60. The maximum Gasteiger partial charge on any atom is 0.167 e. The van der Waals surface area contributed by atoms with Gasteiger partial charge in [-0.05, 0) is 30.3 Å². The van der Waals surface area contributed by atoms with Crippen LogP contribution < -0.4 is 4.74 Å². The highest BCUT2D eigenvalue weighted by Crippen LogP contribution is 2.22. The predicted octanol–water partition coefficient (Wildman–Crippen LogP) is 4.65. The van der Waals surface area contributed by atoms with Crippen LogP contribution in [0.15, 0.2) is 48.5 Å². The molecule has 4 heteroatoms. The van der Waals surface area contributed by atoms with Crippen molar-refractivity contribution >= 4 is 29.0 Å². The molecular weight excluding hydrogens is 283 g/mol. The number of hydrogen-bond donors (Lipinski definition) is 0. The summed E-state index contributed by atoms with van der Waals surface area (Å²) < 4.78 is 5.47. The number of benzene rings is 2. The average molecular weight is 295 g/mol. The van der Waals surface area contributed by atoms with Gasteiger partial charge in [0, 0.05) is 17.0 Å². The smallest absolute Gasteiger partial charge is 0.167 e. The third-order valence-corrected chi connectivity index (χ3v) is 3.12. The van der Waals surface area contributed by atoms with Gasteiger partial charge in [0.15, 0.2) is 5.78 Å². The van der Waals surface area contributed by atoms with E-state index in [-0.39, 0.29) is 12.2 Å². The van der Waals surface area contributed by atoms with Crippen LogP contribution >= 0.6 is 23.2 Å². The molecular formula is C15H12Cl2O2. The molecule has 0 N–H and O–H groups in total. The van der Waals surface area contributed by atoms with E-state index in [4.69, 9.17) is 27.9 Å². The Morgan fingerprint density at radius 1 is 1.05 bits per heavy atom. The third kappa shape index (κ3) is 3.98. The zero-order chi connectivity index (χ0) is 13.7. The lowest BCUT2D eigenvalue weighted by Gasteiger charge is -2.06. The van der Waals surface area contributed by atoms with E-state index in [9.17, 15) is 4.79 Å². The molecule has 0 radical (unpaired) electrons. The van der Waals surface area contributed by atoms with Crippen LogP contribution in [0, 0.1) is 0 Å². The topological polar surface area (TPSA) is 26.3 Å². The summed E-state index contributed by atoms with van der Waals surface area (Å²) in [6, 6.07) is 14.2. The Balaban J connectivity index is 1.91. The predicted molar refractivity (Wildman–Crippen MR) is 77.3 cm³/mol. The van der Waals surface area contributed by atoms with Crippen LogP contribution in [0.1, 0.15) is 16.8 Å². The molecule has 0 aromatic heterocycles. The van der Waals surface area contributed by atoms with E-state index in [0.29, 0.717) is 22.2 Å². The summed E-state index contributed by atoms with van der Waals surface area (Å²) in [6.07, 6.45) is 0.274. The van der Waals surface area contributed by atoms with Crippen molar-refractivity contribution in [3.63, 3.8) is 0 Å². The Labute approximate surface area is 121 Å². The standard InChI is InChI=1S/C15H12Cl2O2/c16-11-6-7-13(14(17)10-11)15(18)8-9-19-12-4-2-1-3-5-12/h1-7,10H,8-9H2. The molecule has 0 aliphatic heterocycles. The number of para-hydroxylation sites is 1. The number of hydrogen-bond acceptors (Lipinski definition) is 2. The van der Waals surface area contributed by atoms with Crippen LogP contribution in [0.25, 0.3) is 0 Å². The first kappa shape index (κ1) is 13.9. The van der Waals surface area contributed by atoms with Gasteiger partial charge in [-0.3, -0.25) is 4.79 Å². The summed E-state index contributed by atoms with van der Waals surface area (Å²) in [5, 5.41) is 0.888. The maximum absolute atomic E-state index is 12.0. The quantitative estimate of drug-likeness (QED) is 0.751. The number of ketones is 1. The number of Topliss-reactive ketones (excluding diaryl/α,β-unsaturated/α-hetero) is 1. The zero-order valence-corrected chi connectivity index (χ0v) is 11.6.